The molecule has 1 rings (SSSR count). The molecule has 1 N–H and O–H groups in total. The highest BCUT2D eigenvalue weighted by atomic mass is 32.2. The summed E-state index contributed by atoms with van der Waals surface area (Å²) in [5, 5.41) is 10.7. The van der Waals surface area contributed by atoms with Crippen LogP contribution in [0.3, 0.4) is 0 Å². The largest absolute Gasteiger partial charge is 0.495 e. The Hall–Kier alpha value is -1.75. The van der Waals surface area contributed by atoms with Gasteiger partial charge in [-0.05, 0) is 6.07 Å². The number of hydrogen-bond acceptors (Lipinski definition) is 7. The van der Waals surface area contributed by atoms with Crippen LogP contribution in [0, 0.1) is 10.1 Å². The minimum absolute atomic E-state index is 0.000478. The fraction of sp³-hybridized carbons (Fsp3) is 0.455. The number of rotatable bonds is 8. The summed E-state index contributed by atoms with van der Waals surface area (Å²) in [6, 6.07) is 3.30. The van der Waals surface area contributed by atoms with Gasteiger partial charge in [-0.2, -0.15) is 0 Å². The number of benzene rings is 1. The van der Waals surface area contributed by atoms with Crippen molar-refractivity contribution in [1.29, 1.82) is 0 Å². The first kappa shape index (κ1) is 17.3. The Kier molecular flexibility index (Phi) is 6.03. The quantitative estimate of drug-likeness (QED) is 0.421. The molecule has 9 nitrogen and oxygen atoms in total. The Morgan fingerprint density at radius 3 is 2.38 bits per heavy atom. The number of sulfonamides is 1. The van der Waals surface area contributed by atoms with E-state index in [0.717, 1.165) is 12.1 Å². The highest BCUT2D eigenvalue weighted by Crippen LogP contribution is 2.27. The maximum atomic E-state index is 12.2. The van der Waals surface area contributed by atoms with Gasteiger partial charge in [0.15, 0.2) is 6.29 Å². The van der Waals surface area contributed by atoms with Crippen LogP contribution in [0.1, 0.15) is 0 Å². The van der Waals surface area contributed by atoms with E-state index in [0.29, 0.717) is 0 Å². The molecule has 0 saturated heterocycles. The van der Waals surface area contributed by atoms with E-state index in [1.54, 1.807) is 0 Å². The van der Waals surface area contributed by atoms with Crippen LogP contribution < -0.4 is 9.46 Å². The third-order valence-electron chi connectivity index (χ3n) is 2.61. The lowest BCUT2D eigenvalue weighted by Gasteiger charge is -2.15. The maximum absolute atomic E-state index is 12.2. The Morgan fingerprint density at radius 2 is 1.90 bits per heavy atom. The van der Waals surface area contributed by atoms with Gasteiger partial charge in [-0.1, -0.05) is 0 Å². The van der Waals surface area contributed by atoms with Crippen molar-refractivity contribution in [3.63, 3.8) is 0 Å². The second-order valence-electron chi connectivity index (χ2n) is 3.85. The molecule has 0 radical (unpaired) electrons. The first-order valence-corrected chi connectivity index (χ1v) is 7.21. The van der Waals surface area contributed by atoms with Crippen LogP contribution >= 0.6 is 0 Å². The summed E-state index contributed by atoms with van der Waals surface area (Å²) in [7, 11) is -0.0275. The van der Waals surface area contributed by atoms with E-state index in [-0.39, 0.29) is 22.9 Å². The summed E-state index contributed by atoms with van der Waals surface area (Å²) < 4.78 is 41.3. The molecule has 0 spiro atoms. The monoisotopic (exact) mass is 320 g/mol. The molecule has 0 aliphatic rings. The SMILES string of the molecule is COc1ccc([N+](=O)[O-])cc1S(=O)(=O)NCC(OC)OC. The van der Waals surface area contributed by atoms with Gasteiger partial charge in [0.1, 0.15) is 10.6 Å². The topological polar surface area (TPSA) is 117 Å². The van der Waals surface area contributed by atoms with E-state index in [9.17, 15) is 18.5 Å². The van der Waals surface area contributed by atoms with Crippen LogP contribution in [0.5, 0.6) is 5.75 Å². The molecule has 21 heavy (non-hydrogen) atoms. The highest BCUT2D eigenvalue weighted by Gasteiger charge is 2.24. The molecule has 0 fully saturated rings. The highest BCUT2D eigenvalue weighted by molar-refractivity contribution is 7.89. The first-order valence-electron chi connectivity index (χ1n) is 5.73. The summed E-state index contributed by atoms with van der Waals surface area (Å²) in [6.45, 7) is -0.152. The van der Waals surface area contributed by atoms with Gasteiger partial charge in [0, 0.05) is 26.4 Å². The second-order valence-corrected chi connectivity index (χ2v) is 5.58. The number of nitro benzene ring substituents is 1. The van der Waals surface area contributed by atoms with Crippen molar-refractivity contribution in [3.8, 4) is 5.75 Å². The van der Waals surface area contributed by atoms with Crippen LogP contribution in [-0.2, 0) is 19.5 Å². The maximum Gasteiger partial charge on any atom is 0.271 e. The van der Waals surface area contributed by atoms with E-state index in [1.165, 1.54) is 27.4 Å². The second kappa shape index (κ2) is 7.31. The Balaban J connectivity index is 3.11. The fourth-order valence-corrected chi connectivity index (χ4v) is 2.71. The molecule has 0 heterocycles. The number of nitrogens with zero attached hydrogens (tertiary/aromatic N) is 1. The van der Waals surface area contributed by atoms with Gasteiger partial charge in [-0.15, -0.1) is 0 Å². The van der Waals surface area contributed by atoms with Crippen LogP contribution in [0.4, 0.5) is 5.69 Å². The molecule has 0 unspecified atom stereocenters. The van der Waals surface area contributed by atoms with Crippen molar-refractivity contribution in [2.75, 3.05) is 27.9 Å². The van der Waals surface area contributed by atoms with Crippen LogP contribution in [0.15, 0.2) is 23.1 Å². The van der Waals surface area contributed by atoms with Crippen molar-refractivity contribution >= 4 is 15.7 Å². The molecule has 0 bridgehead atoms. The average Bonchev–Trinajstić information content (AvgIpc) is 2.47. The number of methoxy groups -OCH3 is 3. The molecular formula is C11H16N2O7S. The Morgan fingerprint density at radius 1 is 1.29 bits per heavy atom. The Bertz CT molecular complexity index is 599. The molecule has 0 aromatic heterocycles. The van der Waals surface area contributed by atoms with Gasteiger partial charge in [-0.25, -0.2) is 13.1 Å². The zero-order valence-electron chi connectivity index (χ0n) is 11.7. The van der Waals surface area contributed by atoms with E-state index in [4.69, 9.17) is 14.2 Å². The summed E-state index contributed by atoms with van der Waals surface area (Å²) in [6.07, 6.45) is -0.774. The molecule has 0 amide bonds. The number of nitro groups is 1. The van der Waals surface area contributed by atoms with Crippen molar-refractivity contribution in [3.05, 3.63) is 28.3 Å². The average molecular weight is 320 g/mol. The van der Waals surface area contributed by atoms with Gasteiger partial charge in [0.05, 0.1) is 18.6 Å². The van der Waals surface area contributed by atoms with E-state index < -0.39 is 21.2 Å². The van der Waals surface area contributed by atoms with Crippen LogP contribution in [-0.4, -0.2) is 47.5 Å². The molecule has 0 saturated carbocycles. The van der Waals surface area contributed by atoms with Crippen molar-refractivity contribution in [2.45, 2.75) is 11.2 Å². The predicted octanol–water partition coefficient (Wildman–Crippen LogP) is 0.501. The van der Waals surface area contributed by atoms with Crippen molar-refractivity contribution in [1.82, 2.24) is 4.72 Å². The summed E-state index contributed by atoms with van der Waals surface area (Å²) in [4.78, 5) is 9.73. The summed E-state index contributed by atoms with van der Waals surface area (Å²) in [5.74, 6) is -0.000478. The van der Waals surface area contributed by atoms with E-state index in [2.05, 4.69) is 4.72 Å². The molecule has 0 aliphatic carbocycles. The van der Waals surface area contributed by atoms with Gasteiger partial charge >= 0.3 is 0 Å². The molecule has 0 atom stereocenters. The zero-order chi connectivity index (χ0) is 16.0. The fourth-order valence-electron chi connectivity index (χ4n) is 1.51. The number of non-ortho nitro benzene ring substituents is 1. The summed E-state index contributed by atoms with van der Waals surface area (Å²) in [5.41, 5.74) is -0.355. The number of hydrogen-bond donors (Lipinski definition) is 1. The smallest absolute Gasteiger partial charge is 0.271 e. The lowest BCUT2D eigenvalue weighted by molar-refractivity contribution is -0.385. The molecule has 0 aliphatic heterocycles. The lowest BCUT2D eigenvalue weighted by atomic mass is 10.3. The molecule has 10 heteroatoms. The number of nitrogens with one attached hydrogen (secondary N) is 1. The van der Waals surface area contributed by atoms with Gasteiger partial charge < -0.3 is 14.2 Å². The van der Waals surface area contributed by atoms with Gasteiger partial charge in [0.2, 0.25) is 10.0 Å². The van der Waals surface area contributed by atoms with E-state index >= 15 is 0 Å². The van der Waals surface area contributed by atoms with Crippen LogP contribution in [0.2, 0.25) is 0 Å². The molecule has 1 aromatic rings. The summed E-state index contributed by atoms with van der Waals surface area (Å²) >= 11 is 0. The normalized spacial score (nSPS) is 11.6. The number of ether oxygens (including phenoxy) is 3. The molecular weight excluding hydrogens is 304 g/mol. The third-order valence-corrected chi connectivity index (χ3v) is 4.06. The van der Waals surface area contributed by atoms with Crippen LogP contribution in [0.25, 0.3) is 0 Å². The molecule has 118 valence electrons. The van der Waals surface area contributed by atoms with Gasteiger partial charge in [-0.3, -0.25) is 10.1 Å². The van der Waals surface area contributed by atoms with Crippen molar-refractivity contribution < 1.29 is 27.6 Å². The van der Waals surface area contributed by atoms with Crippen molar-refractivity contribution in [2.24, 2.45) is 0 Å². The van der Waals surface area contributed by atoms with Gasteiger partial charge in [0.25, 0.3) is 5.69 Å². The minimum atomic E-state index is -4.01. The predicted molar refractivity (Wildman–Crippen MR) is 72.6 cm³/mol. The first-order chi connectivity index (χ1) is 9.85. The zero-order valence-corrected chi connectivity index (χ0v) is 12.5. The Labute approximate surface area is 122 Å². The third kappa shape index (κ3) is 4.36. The minimum Gasteiger partial charge on any atom is -0.495 e. The lowest BCUT2D eigenvalue weighted by Crippen LogP contribution is -2.34. The van der Waals surface area contributed by atoms with E-state index in [1.807, 2.05) is 0 Å². The standard InChI is InChI=1S/C11H16N2O7S/c1-18-9-5-4-8(13(14)15)6-10(9)21(16,17)12-7-11(19-2)20-3/h4-6,11-12H,7H2,1-3H3. The molecule has 1 aromatic carbocycles.